The van der Waals surface area contributed by atoms with E-state index in [4.69, 9.17) is 11.6 Å². The summed E-state index contributed by atoms with van der Waals surface area (Å²) in [7, 11) is 2.14. The number of nitrogens with zero attached hydrogens (tertiary/aromatic N) is 2. The van der Waals surface area contributed by atoms with Gasteiger partial charge in [-0.3, -0.25) is 4.79 Å². The molecule has 1 N–H and O–H groups in total. The number of pyridine rings is 1. The van der Waals surface area contributed by atoms with Crippen LogP contribution in [0.3, 0.4) is 0 Å². The highest BCUT2D eigenvalue weighted by Crippen LogP contribution is 2.29. The molecule has 0 aliphatic carbocycles. The number of H-pyrrole nitrogens is 1. The van der Waals surface area contributed by atoms with Crippen LogP contribution < -0.4 is 10.5 Å². The van der Waals surface area contributed by atoms with Crippen LogP contribution in [0.4, 0.5) is 5.69 Å². The number of hydrogen-bond donors (Lipinski definition) is 1. The van der Waals surface area contributed by atoms with Crippen LogP contribution in [-0.2, 0) is 0 Å². The summed E-state index contributed by atoms with van der Waals surface area (Å²) in [6.45, 7) is 4.08. The minimum atomic E-state index is -0.248. The summed E-state index contributed by atoms with van der Waals surface area (Å²) in [5.74, 6) is 0. The van der Waals surface area contributed by atoms with Gasteiger partial charge in [0.1, 0.15) is 5.02 Å². The predicted molar refractivity (Wildman–Crippen MR) is 94.5 cm³/mol. The van der Waals surface area contributed by atoms with Gasteiger partial charge < -0.3 is 14.8 Å². The van der Waals surface area contributed by atoms with Crippen LogP contribution in [0.25, 0.3) is 11.3 Å². The van der Waals surface area contributed by atoms with E-state index in [0.29, 0.717) is 0 Å². The number of hydrogen-bond acceptors (Lipinski definition) is 3. The Hall–Kier alpha value is -1.49. The number of aromatic nitrogens is 1. The van der Waals surface area contributed by atoms with Crippen LogP contribution in [0.15, 0.2) is 41.2 Å². The van der Waals surface area contributed by atoms with Gasteiger partial charge in [-0.05, 0) is 25.2 Å². The highest BCUT2D eigenvalue weighted by Gasteiger charge is 2.17. The Bertz CT molecular complexity index is 694. The first-order valence-corrected chi connectivity index (χ1v) is 7.44. The molecule has 1 aliphatic rings. The Labute approximate surface area is 141 Å². The molecule has 1 aromatic carbocycles. The lowest BCUT2D eigenvalue weighted by Gasteiger charge is -2.35. The molecule has 0 bridgehead atoms. The van der Waals surface area contributed by atoms with Crippen LogP contribution in [0.5, 0.6) is 0 Å². The molecule has 3 rings (SSSR count). The molecule has 4 nitrogen and oxygen atoms in total. The summed E-state index contributed by atoms with van der Waals surface area (Å²) in [4.78, 5) is 19.3. The van der Waals surface area contributed by atoms with Gasteiger partial charge in [0.2, 0.25) is 0 Å². The van der Waals surface area contributed by atoms with Crippen LogP contribution >= 0.6 is 24.0 Å². The molecular weight excluding hydrogens is 321 g/mol. The minimum absolute atomic E-state index is 0. The summed E-state index contributed by atoms with van der Waals surface area (Å²) in [5, 5.41) is 0.218. The highest BCUT2D eigenvalue weighted by atomic mass is 35.5. The third-order valence-electron chi connectivity index (χ3n) is 3.90. The SMILES string of the molecule is CN1CCN(c2ccccc2-c2ccc(Cl)c(=O)[nH]2)CC1.Cl. The first kappa shape index (κ1) is 16.9. The van der Waals surface area contributed by atoms with E-state index in [9.17, 15) is 4.79 Å². The van der Waals surface area contributed by atoms with E-state index in [2.05, 4.69) is 27.9 Å². The zero-order valence-corrected chi connectivity index (χ0v) is 14.0. The third-order valence-corrected chi connectivity index (χ3v) is 4.20. The molecular formula is C16H19Cl2N3O. The maximum Gasteiger partial charge on any atom is 0.267 e. The smallest absolute Gasteiger partial charge is 0.267 e. The first-order chi connectivity index (χ1) is 10.1. The van der Waals surface area contributed by atoms with Gasteiger partial charge in [0.25, 0.3) is 5.56 Å². The van der Waals surface area contributed by atoms with Gasteiger partial charge in [-0.15, -0.1) is 12.4 Å². The van der Waals surface area contributed by atoms with Gasteiger partial charge >= 0.3 is 0 Å². The second kappa shape index (κ2) is 7.18. The Morgan fingerprint density at radius 3 is 2.41 bits per heavy atom. The topological polar surface area (TPSA) is 39.3 Å². The molecule has 2 heterocycles. The largest absolute Gasteiger partial charge is 0.368 e. The molecule has 1 aromatic heterocycles. The van der Waals surface area contributed by atoms with E-state index >= 15 is 0 Å². The Morgan fingerprint density at radius 1 is 1.05 bits per heavy atom. The molecule has 0 radical (unpaired) electrons. The highest BCUT2D eigenvalue weighted by molar-refractivity contribution is 6.30. The third kappa shape index (κ3) is 3.46. The van der Waals surface area contributed by atoms with Gasteiger partial charge in [-0.2, -0.15) is 0 Å². The fourth-order valence-electron chi connectivity index (χ4n) is 2.64. The molecule has 0 amide bonds. The first-order valence-electron chi connectivity index (χ1n) is 7.07. The number of aromatic amines is 1. The van der Waals surface area contributed by atoms with Crippen molar-refractivity contribution in [1.29, 1.82) is 0 Å². The molecule has 1 saturated heterocycles. The van der Waals surface area contributed by atoms with Crippen molar-refractivity contribution in [2.75, 3.05) is 38.1 Å². The molecule has 1 fully saturated rings. The summed E-state index contributed by atoms with van der Waals surface area (Å²) in [6, 6.07) is 11.7. The molecule has 0 spiro atoms. The minimum Gasteiger partial charge on any atom is -0.368 e. The zero-order valence-electron chi connectivity index (χ0n) is 12.4. The maximum absolute atomic E-state index is 11.7. The fraction of sp³-hybridized carbons (Fsp3) is 0.312. The lowest BCUT2D eigenvalue weighted by Crippen LogP contribution is -2.44. The van der Waals surface area contributed by atoms with E-state index in [1.54, 1.807) is 6.07 Å². The second-order valence-corrected chi connectivity index (χ2v) is 5.76. The van der Waals surface area contributed by atoms with Gasteiger partial charge in [-0.1, -0.05) is 29.8 Å². The Balaban J connectivity index is 0.00000176. The number of para-hydroxylation sites is 1. The fourth-order valence-corrected chi connectivity index (χ4v) is 2.75. The van der Waals surface area contributed by atoms with Crippen molar-refractivity contribution in [3.05, 3.63) is 51.8 Å². The lowest BCUT2D eigenvalue weighted by atomic mass is 10.1. The molecule has 0 saturated carbocycles. The van der Waals surface area contributed by atoms with E-state index in [1.807, 2.05) is 24.3 Å². The number of halogens is 2. The van der Waals surface area contributed by atoms with Crippen molar-refractivity contribution in [2.24, 2.45) is 0 Å². The lowest BCUT2D eigenvalue weighted by molar-refractivity contribution is 0.313. The van der Waals surface area contributed by atoms with Crippen molar-refractivity contribution in [3.8, 4) is 11.3 Å². The van der Waals surface area contributed by atoms with Crippen molar-refractivity contribution in [2.45, 2.75) is 0 Å². The number of anilines is 1. The zero-order chi connectivity index (χ0) is 14.8. The van der Waals surface area contributed by atoms with Gasteiger partial charge in [0, 0.05) is 37.4 Å². The molecule has 0 atom stereocenters. The summed E-state index contributed by atoms with van der Waals surface area (Å²) in [5.41, 5.74) is 2.75. The van der Waals surface area contributed by atoms with Crippen molar-refractivity contribution < 1.29 is 0 Å². The van der Waals surface area contributed by atoms with Gasteiger partial charge in [-0.25, -0.2) is 0 Å². The summed E-state index contributed by atoms with van der Waals surface area (Å²) in [6.07, 6.45) is 0. The number of benzene rings is 1. The summed E-state index contributed by atoms with van der Waals surface area (Å²) >= 11 is 5.81. The van der Waals surface area contributed by atoms with Crippen LogP contribution in [0.1, 0.15) is 0 Å². The van der Waals surface area contributed by atoms with Crippen molar-refractivity contribution in [1.82, 2.24) is 9.88 Å². The van der Waals surface area contributed by atoms with E-state index < -0.39 is 0 Å². The van der Waals surface area contributed by atoms with E-state index in [0.717, 1.165) is 43.1 Å². The number of rotatable bonds is 2. The average Bonchev–Trinajstić information content (AvgIpc) is 2.51. The molecule has 118 valence electrons. The average molecular weight is 340 g/mol. The normalized spacial score (nSPS) is 15.5. The molecule has 6 heteroatoms. The number of likely N-dealkylation sites (N-methyl/N-ethyl adjacent to an activating group) is 1. The number of piperazine rings is 1. The van der Waals surface area contributed by atoms with Crippen LogP contribution in [-0.4, -0.2) is 43.1 Å². The Morgan fingerprint density at radius 2 is 1.73 bits per heavy atom. The number of nitrogens with one attached hydrogen (secondary N) is 1. The molecule has 22 heavy (non-hydrogen) atoms. The second-order valence-electron chi connectivity index (χ2n) is 5.36. The summed E-state index contributed by atoms with van der Waals surface area (Å²) < 4.78 is 0. The Kier molecular flexibility index (Phi) is 5.51. The molecule has 1 aliphatic heterocycles. The monoisotopic (exact) mass is 339 g/mol. The van der Waals surface area contributed by atoms with Crippen molar-refractivity contribution in [3.63, 3.8) is 0 Å². The van der Waals surface area contributed by atoms with Gasteiger partial charge in [0.15, 0.2) is 0 Å². The molecule has 0 unspecified atom stereocenters. The van der Waals surface area contributed by atoms with E-state index in [1.165, 1.54) is 0 Å². The standard InChI is InChI=1S/C16H18ClN3O.ClH/c1-19-8-10-20(11-9-19)15-5-3-2-4-12(15)14-7-6-13(17)16(21)18-14;/h2-7H,8-11H2,1H3,(H,18,21);1H. The van der Waals surface area contributed by atoms with Gasteiger partial charge in [0.05, 0.1) is 5.69 Å². The van der Waals surface area contributed by atoms with Crippen LogP contribution in [0.2, 0.25) is 5.02 Å². The predicted octanol–water partition coefficient (Wildman–Crippen LogP) is 2.87. The maximum atomic E-state index is 11.7. The quantitative estimate of drug-likeness (QED) is 0.914. The van der Waals surface area contributed by atoms with Crippen molar-refractivity contribution >= 4 is 29.7 Å². The van der Waals surface area contributed by atoms with Crippen LogP contribution in [0, 0.1) is 0 Å². The van der Waals surface area contributed by atoms with E-state index in [-0.39, 0.29) is 23.0 Å². The molecule has 2 aromatic rings.